The average molecular weight is 263 g/mol. The van der Waals surface area contributed by atoms with Gasteiger partial charge in [0.1, 0.15) is 0 Å². The van der Waals surface area contributed by atoms with Crippen molar-refractivity contribution in [1.29, 1.82) is 0 Å². The van der Waals surface area contributed by atoms with Gasteiger partial charge in [-0.3, -0.25) is 0 Å². The zero-order valence-electron chi connectivity index (χ0n) is 6.08. The Morgan fingerprint density at radius 2 is 0.818 bits per heavy atom. The number of rotatable bonds is 0. The second-order valence-electron chi connectivity index (χ2n) is 1.77. The molecular formula is C7H10ClO2Ru. The monoisotopic (exact) mass is 263 g/mol. The van der Waals surface area contributed by atoms with Gasteiger partial charge in [0.25, 0.3) is 0 Å². The first-order valence-electron chi connectivity index (χ1n) is 3.04. The van der Waals surface area contributed by atoms with E-state index < -0.39 is 0 Å². The minimum absolute atomic E-state index is 1.50. The fourth-order valence-electron chi connectivity index (χ4n) is 0.884. The van der Waals surface area contributed by atoms with Crippen LogP contribution in [0.5, 0.6) is 0 Å². The predicted octanol–water partition coefficient (Wildman–Crippen LogP) is 2.56. The normalized spacial score (nSPS) is 11.8. The SMILES string of the molecule is C1CCCC1.[C-]#[O+].[C-]#[O+].[Cl][Ru]. The Labute approximate surface area is 81.8 Å². The van der Waals surface area contributed by atoms with Crippen molar-refractivity contribution >= 4 is 9.69 Å². The molecule has 1 aliphatic rings. The van der Waals surface area contributed by atoms with E-state index in [9.17, 15) is 0 Å². The summed E-state index contributed by atoms with van der Waals surface area (Å²) in [7, 11) is 4.57. The summed E-state index contributed by atoms with van der Waals surface area (Å²) in [6.07, 6.45) is 7.50. The van der Waals surface area contributed by atoms with E-state index in [0.29, 0.717) is 0 Å². The molecule has 0 saturated heterocycles. The van der Waals surface area contributed by atoms with Gasteiger partial charge in [0.2, 0.25) is 0 Å². The molecule has 0 amide bonds. The summed E-state index contributed by atoms with van der Waals surface area (Å²) in [5.74, 6) is 0. The van der Waals surface area contributed by atoms with Crippen LogP contribution < -0.4 is 0 Å². The zero-order chi connectivity index (χ0) is 9.54. The van der Waals surface area contributed by atoms with E-state index in [1.165, 1.54) is 32.1 Å². The molecule has 1 saturated carbocycles. The van der Waals surface area contributed by atoms with Crippen molar-refractivity contribution in [3.8, 4) is 0 Å². The Morgan fingerprint density at radius 3 is 0.909 bits per heavy atom. The van der Waals surface area contributed by atoms with E-state index in [2.05, 4.69) is 23.0 Å². The van der Waals surface area contributed by atoms with Crippen LogP contribution in [0.2, 0.25) is 0 Å². The summed E-state index contributed by atoms with van der Waals surface area (Å²) in [5, 5.41) is 0. The van der Waals surface area contributed by atoms with Crippen LogP contribution in [0.1, 0.15) is 32.1 Å². The third-order valence-corrected chi connectivity index (χ3v) is 1.25. The Morgan fingerprint density at radius 1 is 0.727 bits per heavy atom. The molecule has 0 unspecified atom stereocenters. The topological polar surface area (TPSA) is 39.8 Å². The van der Waals surface area contributed by atoms with E-state index in [4.69, 9.17) is 9.30 Å². The van der Waals surface area contributed by atoms with Crippen molar-refractivity contribution in [2.24, 2.45) is 0 Å². The van der Waals surface area contributed by atoms with E-state index in [-0.39, 0.29) is 0 Å². The first-order chi connectivity index (χ1) is 5.50. The molecule has 0 aliphatic heterocycles. The van der Waals surface area contributed by atoms with Crippen molar-refractivity contribution in [2.45, 2.75) is 32.1 Å². The van der Waals surface area contributed by atoms with Gasteiger partial charge in [0, 0.05) is 0 Å². The molecule has 1 fully saturated rings. The molecule has 0 radical (unpaired) electrons. The molecular weight excluding hydrogens is 253 g/mol. The van der Waals surface area contributed by atoms with Gasteiger partial charge in [-0.1, -0.05) is 32.1 Å². The standard InChI is InChI=1S/C5H10.2CO.ClH.Ru/c1-2-4-5-3-1;2*1-2;;/h1-5H2;;;1H;/q;;;;+1/p-1. The summed E-state index contributed by atoms with van der Waals surface area (Å²) < 4.78 is 15.0. The molecule has 4 heteroatoms. The summed E-state index contributed by atoms with van der Waals surface area (Å²) in [6, 6.07) is 0. The van der Waals surface area contributed by atoms with Crippen LogP contribution in [0.15, 0.2) is 0 Å². The van der Waals surface area contributed by atoms with Gasteiger partial charge in [-0.05, 0) is 0 Å². The summed E-state index contributed by atoms with van der Waals surface area (Å²) in [6.45, 7) is 9.00. The molecule has 0 bridgehead atoms. The van der Waals surface area contributed by atoms with Gasteiger partial charge in [-0.2, -0.15) is 0 Å². The molecule has 1 aliphatic carbocycles. The molecule has 0 aromatic rings. The van der Waals surface area contributed by atoms with Crippen LogP contribution in [0.25, 0.3) is 0 Å². The molecule has 0 heterocycles. The number of hydrogen-bond acceptors (Lipinski definition) is 0. The predicted molar refractivity (Wildman–Crippen MR) is 36.8 cm³/mol. The Balaban J connectivity index is -0.0000000933. The molecule has 1 rings (SSSR count). The Kier molecular flexibility index (Phi) is 50.1. The second-order valence-corrected chi connectivity index (χ2v) is 1.77. The second kappa shape index (κ2) is 31.5. The molecule has 65 valence electrons. The summed E-state index contributed by atoms with van der Waals surface area (Å²) >= 11 is 1.82. The molecule has 0 atom stereocenters. The maximum absolute atomic E-state index is 7.50. The van der Waals surface area contributed by atoms with Gasteiger partial charge in [-0.15, -0.1) is 0 Å². The molecule has 0 aromatic heterocycles. The van der Waals surface area contributed by atoms with Crippen LogP contribution in [0, 0.1) is 13.3 Å². The quantitative estimate of drug-likeness (QED) is 0.366. The third-order valence-electron chi connectivity index (χ3n) is 1.25. The summed E-state index contributed by atoms with van der Waals surface area (Å²) in [4.78, 5) is 0. The number of halogens is 1. The van der Waals surface area contributed by atoms with Gasteiger partial charge < -0.3 is 0 Å². The van der Waals surface area contributed by atoms with E-state index in [1.54, 1.807) is 0 Å². The van der Waals surface area contributed by atoms with Crippen molar-refractivity contribution in [1.82, 2.24) is 0 Å². The van der Waals surface area contributed by atoms with Gasteiger partial charge >= 0.3 is 49.6 Å². The van der Waals surface area contributed by atoms with Crippen LogP contribution >= 0.6 is 9.69 Å². The minimum atomic E-state index is 1.50. The van der Waals surface area contributed by atoms with Crippen molar-refractivity contribution in [2.75, 3.05) is 0 Å². The first-order valence-corrected chi connectivity index (χ1v) is 5.28. The maximum atomic E-state index is 7.50. The van der Waals surface area contributed by atoms with Gasteiger partial charge in [0.05, 0.1) is 0 Å². The summed E-state index contributed by atoms with van der Waals surface area (Å²) in [5.41, 5.74) is 0. The van der Waals surface area contributed by atoms with Gasteiger partial charge in [-0.25, -0.2) is 0 Å². The Hall–Kier alpha value is 0.393. The van der Waals surface area contributed by atoms with E-state index in [1.807, 2.05) is 17.3 Å². The van der Waals surface area contributed by atoms with Crippen LogP contribution in [0.4, 0.5) is 0 Å². The molecule has 11 heavy (non-hydrogen) atoms. The van der Waals surface area contributed by atoms with Crippen molar-refractivity contribution in [3.63, 3.8) is 0 Å². The van der Waals surface area contributed by atoms with Crippen molar-refractivity contribution in [3.05, 3.63) is 13.3 Å². The van der Waals surface area contributed by atoms with E-state index in [0.717, 1.165) is 0 Å². The Bertz CT molecular complexity index is 65.4. The van der Waals surface area contributed by atoms with Crippen molar-refractivity contribution < 1.29 is 26.6 Å². The fourth-order valence-corrected chi connectivity index (χ4v) is 0.884. The first kappa shape index (κ1) is 17.5. The fraction of sp³-hybridized carbons (Fsp3) is 0.714. The molecule has 0 spiro atoms. The molecule has 2 nitrogen and oxygen atoms in total. The average Bonchev–Trinajstić information content (AvgIpc) is 2.71. The van der Waals surface area contributed by atoms with E-state index >= 15 is 0 Å². The van der Waals surface area contributed by atoms with Gasteiger partial charge in [0.15, 0.2) is 0 Å². The number of hydrogen-bond donors (Lipinski definition) is 0. The zero-order valence-corrected chi connectivity index (χ0v) is 8.58. The molecule has 0 aromatic carbocycles. The molecule has 0 N–H and O–H groups in total. The van der Waals surface area contributed by atoms with Crippen LogP contribution in [-0.2, 0) is 26.6 Å². The third kappa shape index (κ3) is 25.2. The van der Waals surface area contributed by atoms with Crippen LogP contribution in [-0.4, -0.2) is 0 Å². The van der Waals surface area contributed by atoms with Crippen LogP contribution in [0.3, 0.4) is 0 Å².